The molecule has 0 saturated heterocycles. The SMILES string of the molecule is COCCNc1cc(C)nc2c(-c3ccc(C)cc3)c(C)nn12. The molecule has 1 N–H and O–H groups in total. The lowest BCUT2D eigenvalue weighted by Gasteiger charge is -2.09. The zero-order chi connectivity index (χ0) is 16.4. The molecule has 3 rings (SSSR count). The Bertz CT molecular complexity index is 821. The molecule has 2 aromatic heterocycles. The Hall–Kier alpha value is -2.40. The molecule has 0 spiro atoms. The summed E-state index contributed by atoms with van der Waals surface area (Å²) in [5.41, 5.74) is 6.29. The summed E-state index contributed by atoms with van der Waals surface area (Å²) in [5.74, 6) is 0.936. The van der Waals surface area contributed by atoms with Crippen molar-refractivity contribution in [3.05, 3.63) is 47.3 Å². The molecule has 5 nitrogen and oxygen atoms in total. The minimum Gasteiger partial charge on any atom is -0.383 e. The molecular weight excluding hydrogens is 288 g/mol. The van der Waals surface area contributed by atoms with E-state index in [9.17, 15) is 0 Å². The van der Waals surface area contributed by atoms with Crippen molar-refractivity contribution in [2.45, 2.75) is 20.8 Å². The number of fused-ring (bicyclic) bond motifs is 1. The van der Waals surface area contributed by atoms with E-state index in [1.54, 1.807) is 7.11 Å². The lowest BCUT2D eigenvalue weighted by Crippen LogP contribution is -2.12. The summed E-state index contributed by atoms with van der Waals surface area (Å²) in [4.78, 5) is 4.71. The lowest BCUT2D eigenvalue weighted by molar-refractivity contribution is 0.210. The number of aryl methyl sites for hydroxylation is 3. The second-order valence-corrected chi connectivity index (χ2v) is 5.76. The van der Waals surface area contributed by atoms with Crippen LogP contribution in [0.2, 0.25) is 0 Å². The van der Waals surface area contributed by atoms with Crippen LogP contribution >= 0.6 is 0 Å². The summed E-state index contributed by atoms with van der Waals surface area (Å²) in [7, 11) is 1.70. The third kappa shape index (κ3) is 3.05. The van der Waals surface area contributed by atoms with E-state index in [1.165, 1.54) is 5.56 Å². The van der Waals surface area contributed by atoms with Gasteiger partial charge in [-0.2, -0.15) is 9.61 Å². The van der Waals surface area contributed by atoms with E-state index < -0.39 is 0 Å². The lowest BCUT2D eigenvalue weighted by atomic mass is 10.0. The molecule has 23 heavy (non-hydrogen) atoms. The fraction of sp³-hybridized carbons (Fsp3) is 0.333. The molecule has 0 atom stereocenters. The molecule has 0 unspecified atom stereocenters. The largest absolute Gasteiger partial charge is 0.383 e. The summed E-state index contributed by atoms with van der Waals surface area (Å²) in [6, 6.07) is 10.5. The molecule has 0 amide bonds. The van der Waals surface area contributed by atoms with Crippen molar-refractivity contribution in [3.8, 4) is 11.1 Å². The average molecular weight is 310 g/mol. The second-order valence-electron chi connectivity index (χ2n) is 5.76. The first-order valence-corrected chi connectivity index (χ1v) is 7.77. The molecule has 0 fully saturated rings. The number of hydrogen-bond acceptors (Lipinski definition) is 4. The van der Waals surface area contributed by atoms with E-state index >= 15 is 0 Å². The number of aromatic nitrogens is 3. The molecule has 0 bridgehead atoms. The highest BCUT2D eigenvalue weighted by Crippen LogP contribution is 2.29. The standard InChI is InChI=1S/C18H22N4O/c1-12-5-7-15(8-6-12)17-14(3)21-22-16(19-9-10-23-4)11-13(2)20-18(17)22/h5-8,11,19H,9-10H2,1-4H3. The van der Waals surface area contributed by atoms with Gasteiger partial charge in [-0.25, -0.2) is 4.98 Å². The Morgan fingerprint density at radius 1 is 1.13 bits per heavy atom. The first-order valence-electron chi connectivity index (χ1n) is 7.77. The van der Waals surface area contributed by atoms with Gasteiger partial charge in [0.2, 0.25) is 0 Å². The van der Waals surface area contributed by atoms with Gasteiger partial charge in [0.25, 0.3) is 0 Å². The number of nitrogens with one attached hydrogen (secondary N) is 1. The molecule has 1 aromatic carbocycles. The van der Waals surface area contributed by atoms with Gasteiger partial charge in [0, 0.05) is 31.0 Å². The molecule has 2 heterocycles. The topological polar surface area (TPSA) is 51.5 Å². The van der Waals surface area contributed by atoms with Gasteiger partial charge in [0.1, 0.15) is 5.82 Å². The molecule has 0 saturated carbocycles. The third-order valence-corrected chi connectivity index (χ3v) is 3.84. The molecule has 3 aromatic rings. The first kappa shape index (κ1) is 15.5. The fourth-order valence-corrected chi connectivity index (χ4v) is 2.71. The van der Waals surface area contributed by atoms with Crippen molar-refractivity contribution in [2.75, 3.05) is 25.6 Å². The summed E-state index contributed by atoms with van der Waals surface area (Å²) >= 11 is 0. The zero-order valence-electron chi connectivity index (χ0n) is 14.1. The smallest absolute Gasteiger partial charge is 0.165 e. The van der Waals surface area contributed by atoms with Crippen LogP contribution in [0.25, 0.3) is 16.8 Å². The number of ether oxygens (including phenoxy) is 1. The Kier molecular flexibility index (Phi) is 4.30. The van der Waals surface area contributed by atoms with Crippen LogP contribution in [0.3, 0.4) is 0 Å². The van der Waals surface area contributed by atoms with Crippen molar-refractivity contribution < 1.29 is 4.74 Å². The van der Waals surface area contributed by atoms with E-state index in [0.29, 0.717) is 6.61 Å². The van der Waals surface area contributed by atoms with Gasteiger partial charge in [-0.1, -0.05) is 29.8 Å². The number of nitrogens with zero attached hydrogens (tertiary/aromatic N) is 3. The first-order chi connectivity index (χ1) is 11.1. The van der Waals surface area contributed by atoms with Crippen molar-refractivity contribution in [3.63, 3.8) is 0 Å². The average Bonchev–Trinajstić information content (AvgIpc) is 2.85. The van der Waals surface area contributed by atoms with Crippen LogP contribution in [-0.4, -0.2) is 34.9 Å². The quantitative estimate of drug-likeness (QED) is 0.734. The Balaban J connectivity index is 2.12. The summed E-state index contributed by atoms with van der Waals surface area (Å²) < 4.78 is 6.99. The van der Waals surface area contributed by atoms with Crippen molar-refractivity contribution in [1.29, 1.82) is 0 Å². The Morgan fingerprint density at radius 2 is 1.87 bits per heavy atom. The predicted molar refractivity (Wildman–Crippen MR) is 93.0 cm³/mol. The van der Waals surface area contributed by atoms with Crippen LogP contribution in [0, 0.1) is 20.8 Å². The maximum Gasteiger partial charge on any atom is 0.165 e. The van der Waals surface area contributed by atoms with Crippen LogP contribution in [0.5, 0.6) is 0 Å². The van der Waals surface area contributed by atoms with E-state index in [0.717, 1.165) is 40.5 Å². The zero-order valence-corrected chi connectivity index (χ0v) is 14.1. The fourth-order valence-electron chi connectivity index (χ4n) is 2.71. The maximum absolute atomic E-state index is 5.11. The highest BCUT2D eigenvalue weighted by molar-refractivity contribution is 5.81. The number of hydrogen-bond donors (Lipinski definition) is 1. The molecule has 0 aliphatic rings. The molecule has 0 aliphatic heterocycles. The van der Waals surface area contributed by atoms with Gasteiger partial charge in [0.15, 0.2) is 5.65 Å². The minimum absolute atomic E-state index is 0.647. The van der Waals surface area contributed by atoms with E-state index in [2.05, 4.69) is 41.6 Å². The highest BCUT2D eigenvalue weighted by atomic mass is 16.5. The third-order valence-electron chi connectivity index (χ3n) is 3.84. The van der Waals surface area contributed by atoms with Gasteiger partial charge in [-0.3, -0.25) is 0 Å². The molecule has 5 heteroatoms. The number of anilines is 1. The normalized spacial score (nSPS) is 11.1. The van der Waals surface area contributed by atoms with Gasteiger partial charge in [-0.15, -0.1) is 0 Å². The molecular formula is C18H22N4O. The Morgan fingerprint density at radius 3 is 2.57 bits per heavy atom. The van der Waals surface area contributed by atoms with Crippen molar-refractivity contribution >= 4 is 11.5 Å². The molecule has 0 aliphatic carbocycles. The second kappa shape index (κ2) is 6.38. The summed E-state index contributed by atoms with van der Waals surface area (Å²) in [5, 5.41) is 8.05. The maximum atomic E-state index is 5.11. The summed E-state index contributed by atoms with van der Waals surface area (Å²) in [6.07, 6.45) is 0. The predicted octanol–water partition coefficient (Wildman–Crippen LogP) is 3.38. The van der Waals surface area contributed by atoms with Crippen LogP contribution < -0.4 is 5.32 Å². The monoisotopic (exact) mass is 310 g/mol. The van der Waals surface area contributed by atoms with Crippen molar-refractivity contribution in [2.24, 2.45) is 0 Å². The molecule has 0 radical (unpaired) electrons. The van der Waals surface area contributed by atoms with E-state index in [4.69, 9.17) is 9.72 Å². The van der Waals surface area contributed by atoms with Gasteiger partial charge < -0.3 is 10.1 Å². The van der Waals surface area contributed by atoms with Crippen LogP contribution in [0.15, 0.2) is 30.3 Å². The van der Waals surface area contributed by atoms with Gasteiger partial charge >= 0.3 is 0 Å². The highest BCUT2D eigenvalue weighted by Gasteiger charge is 2.15. The van der Waals surface area contributed by atoms with Crippen LogP contribution in [0.1, 0.15) is 17.0 Å². The molecule has 120 valence electrons. The number of rotatable bonds is 5. The van der Waals surface area contributed by atoms with Crippen molar-refractivity contribution in [1.82, 2.24) is 14.6 Å². The van der Waals surface area contributed by atoms with Gasteiger partial charge in [-0.05, 0) is 26.3 Å². The number of benzene rings is 1. The van der Waals surface area contributed by atoms with Crippen LogP contribution in [0.4, 0.5) is 5.82 Å². The van der Waals surface area contributed by atoms with Gasteiger partial charge in [0.05, 0.1) is 12.3 Å². The minimum atomic E-state index is 0.647. The Labute approximate surface area is 136 Å². The van der Waals surface area contributed by atoms with E-state index in [1.807, 2.05) is 24.4 Å². The number of methoxy groups -OCH3 is 1. The van der Waals surface area contributed by atoms with Crippen LogP contribution in [-0.2, 0) is 4.74 Å². The summed E-state index contributed by atoms with van der Waals surface area (Å²) in [6.45, 7) is 7.50. The van der Waals surface area contributed by atoms with E-state index in [-0.39, 0.29) is 0 Å².